The van der Waals surface area contributed by atoms with Gasteiger partial charge in [0.1, 0.15) is 0 Å². The summed E-state index contributed by atoms with van der Waals surface area (Å²) in [6, 6.07) is 7.77. The maximum Gasteiger partial charge on any atom is 0.221 e. The number of ether oxygens (including phenoxy) is 1. The molecular weight excluding hydrogens is 373 g/mol. The molecule has 138 valence electrons. The van der Waals surface area contributed by atoms with Gasteiger partial charge in [0.2, 0.25) is 5.91 Å². The van der Waals surface area contributed by atoms with Crippen molar-refractivity contribution in [3.8, 4) is 0 Å². The summed E-state index contributed by atoms with van der Waals surface area (Å²) in [6.45, 7) is 5.50. The van der Waals surface area contributed by atoms with Crippen LogP contribution in [0.25, 0.3) is 0 Å². The maximum atomic E-state index is 11.9. The van der Waals surface area contributed by atoms with E-state index in [1.807, 2.05) is 31.2 Å². The van der Waals surface area contributed by atoms with Gasteiger partial charge < -0.3 is 15.8 Å². The molecule has 2 rings (SSSR count). The number of nitrogens with two attached hydrogens (primary N) is 1. The normalized spacial score (nSPS) is 17.1. The van der Waals surface area contributed by atoms with Crippen LogP contribution in [0.1, 0.15) is 24.9 Å². The van der Waals surface area contributed by atoms with Crippen LogP contribution in [0.2, 0.25) is 5.02 Å². The van der Waals surface area contributed by atoms with Gasteiger partial charge in [-0.3, -0.25) is 9.69 Å². The van der Waals surface area contributed by atoms with Crippen LogP contribution in [-0.2, 0) is 9.53 Å². The summed E-state index contributed by atoms with van der Waals surface area (Å²) in [5, 5.41) is 3.69. The molecule has 1 aromatic carbocycles. The van der Waals surface area contributed by atoms with Gasteiger partial charge >= 0.3 is 0 Å². The summed E-state index contributed by atoms with van der Waals surface area (Å²) in [7, 11) is 0. The van der Waals surface area contributed by atoms with Crippen molar-refractivity contribution in [2.24, 2.45) is 5.73 Å². The lowest BCUT2D eigenvalue weighted by molar-refractivity contribution is -0.121. The van der Waals surface area contributed by atoms with Gasteiger partial charge in [0.05, 0.1) is 19.3 Å². The molecule has 0 saturated carbocycles. The average molecular weight is 399 g/mol. The molecule has 1 aliphatic heterocycles. The molecule has 2 atom stereocenters. The zero-order valence-electron chi connectivity index (χ0n) is 13.7. The molecular formula is C16H26Cl3N3O2. The fraction of sp³-hybridized carbons (Fsp3) is 0.562. The van der Waals surface area contributed by atoms with Crippen molar-refractivity contribution in [1.29, 1.82) is 0 Å². The third-order valence-corrected chi connectivity index (χ3v) is 3.95. The van der Waals surface area contributed by atoms with Crippen LogP contribution in [0.3, 0.4) is 0 Å². The summed E-state index contributed by atoms with van der Waals surface area (Å²) >= 11 is 6.11. The first-order chi connectivity index (χ1) is 10.6. The highest BCUT2D eigenvalue weighted by Crippen LogP contribution is 2.23. The van der Waals surface area contributed by atoms with E-state index < -0.39 is 0 Å². The Morgan fingerprint density at radius 1 is 1.38 bits per heavy atom. The predicted molar refractivity (Wildman–Crippen MR) is 102 cm³/mol. The standard InChI is InChI=1S/C16H24ClN3O2.2ClH/c1-12(18)9-16(21)19-11-15(20-5-7-22-8-6-20)13-3-2-4-14(17)10-13;;/h2-4,10,12,15H,5-9,11,18H2,1H3,(H,19,21);2*1H. The van der Waals surface area contributed by atoms with Crippen molar-refractivity contribution in [3.63, 3.8) is 0 Å². The Labute approximate surface area is 161 Å². The van der Waals surface area contributed by atoms with Crippen LogP contribution in [-0.4, -0.2) is 49.7 Å². The molecule has 0 radical (unpaired) electrons. The van der Waals surface area contributed by atoms with Crippen molar-refractivity contribution in [1.82, 2.24) is 10.2 Å². The second-order valence-corrected chi connectivity index (χ2v) is 6.14. The van der Waals surface area contributed by atoms with Crippen molar-refractivity contribution < 1.29 is 9.53 Å². The number of benzene rings is 1. The lowest BCUT2D eigenvalue weighted by atomic mass is 10.0. The van der Waals surface area contributed by atoms with Gasteiger partial charge in [0.15, 0.2) is 0 Å². The predicted octanol–water partition coefficient (Wildman–Crippen LogP) is 2.41. The smallest absolute Gasteiger partial charge is 0.221 e. The minimum Gasteiger partial charge on any atom is -0.379 e. The van der Waals surface area contributed by atoms with Crippen LogP contribution in [0.5, 0.6) is 0 Å². The molecule has 0 aromatic heterocycles. The summed E-state index contributed by atoms with van der Waals surface area (Å²) in [5.74, 6) is -0.0183. The molecule has 0 aliphatic carbocycles. The molecule has 1 aromatic rings. The topological polar surface area (TPSA) is 67.6 Å². The number of hydrogen-bond acceptors (Lipinski definition) is 4. The fourth-order valence-corrected chi connectivity index (χ4v) is 2.83. The van der Waals surface area contributed by atoms with E-state index in [-0.39, 0.29) is 42.8 Å². The number of amides is 1. The van der Waals surface area contributed by atoms with Gasteiger partial charge in [-0.15, -0.1) is 24.8 Å². The first-order valence-electron chi connectivity index (χ1n) is 7.66. The number of nitrogens with zero attached hydrogens (tertiary/aromatic N) is 1. The van der Waals surface area contributed by atoms with Crippen LogP contribution < -0.4 is 11.1 Å². The minimum atomic E-state index is -0.131. The van der Waals surface area contributed by atoms with Crippen LogP contribution in [0, 0.1) is 0 Å². The minimum absolute atomic E-state index is 0. The van der Waals surface area contributed by atoms with Gasteiger partial charge in [-0.05, 0) is 24.6 Å². The number of carbonyl (C=O) groups is 1. The number of rotatable bonds is 6. The SMILES string of the molecule is CC(N)CC(=O)NCC(c1cccc(Cl)c1)N1CCOCC1.Cl.Cl. The van der Waals surface area contributed by atoms with Gasteiger partial charge in [-0.1, -0.05) is 23.7 Å². The van der Waals surface area contributed by atoms with Crippen molar-refractivity contribution in [2.45, 2.75) is 25.4 Å². The molecule has 8 heteroatoms. The molecule has 5 nitrogen and oxygen atoms in total. The third kappa shape index (κ3) is 7.55. The second kappa shape index (κ2) is 11.9. The van der Waals surface area contributed by atoms with E-state index in [0.29, 0.717) is 31.2 Å². The first kappa shape index (κ1) is 23.4. The molecule has 24 heavy (non-hydrogen) atoms. The monoisotopic (exact) mass is 397 g/mol. The van der Waals surface area contributed by atoms with E-state index in [0.717, 1.165) is 18.7 Å². The average Bonchev–Trinajstić information content (AvgIpc) is 2.48. The van der Waals surface area contributed by atoms with Crippen molar-refractivity contribution in [2.75, 3.05) is 32.8 Å². The summed E-state index contributed by atoms with van der Waals surface area (Å²) in [4.78, 5) is 14.2. The zero-order valence-corrected chi connectivity index (χ0v) is 16.1. The molecule has 1 saturated heterocycles. The third-order valence-electron chi connectivity index (χ3n) is 3.72. The van der Waals surface area contributed by atoms with E-state index in [1.165, 1.54) is 0 Å². The number of hydrogen-bond donors (Lipinski definition) is 2. The molecule has 1 amide bonds. The molecule has 1 aliphatic rings. The Morgan fingerprint density at radius 2 is 2.04 bits per heavy atom. The van der Waals surface area contributed by atoms with Crippen molar-refractivity contribution >= 4 is 42.3 Å². The molecule has 1 heterocycles. The van der Waals surface area contributed by atoms with Crippen LogP contribution in [0.4, 0.5) is 0 Å². The second-order valence-electron chi connectivity index (χ2n) is 5.70. The Morgan fingerprint density at radius 3 is 2.62 bits per heavy atom. The van der Waals surface area contributed by atoms with Gasteiger partial charge in [-0.2, -0.15) is 0 Å². The van der Waals surface area contributed by atoms with Crippen LogP contribution in [0.15, 0.2) is 24.3 Å². The Bertz CT molecular complexity index is 497. The molecule has 1 fully saturated rings. The van der Waals surface area contributed by atoms with Gasteiger partial charge in [0, 0.05) is 37.1 Å². The zero-order chi connectivity index (χ0) is 15.9. The van der Waals surface area contributed by atoms with E-state index in [9.17, 15) is 4.79 Å². The lowest BCUT2D eigenvalue weighted by Crippen LogP contribution is -2.44. The summed E-state index contributed by atoms with van der Waals surface area (Å²) in [6.07, 6.45) is 0.339. The van der Waals surface area contributed by atoms with Gasteiger partial charge in [0.25, 0.3) is 0 Å². The quantitative estimate of drug-likeness (QED) is 0.772. The number of nitrogens with one attached hydrogen (secondary N) is 1. The molecule has 3 N–H and O–H groups in total. The lowest BCUT2D eigenvalue weighted by Gasteiger charge is -2.35. The van der Waals surface area contributed by atoms with Crippen LogP contribution >= 0.6 is 36.4 Å². The number of morpholine rings is 1. The highest BCUT2D eigenvalue weighted by atomic mass is 35.5. The Hall–Kier alpha value is -0.560. The van der Waals surface area contributed by atoms with Gasteiger partial charge in [-0.25, -0.2) is 0 Å². The summed E-state index contributed by atoms with van der Waals surface area (Å²) < 4.78 is 5.42. The number of halogens is 3. The molecule has 0 bridgehead atoms. The fourth-order valence-electron chi connectivity index (χ4n) is 2.64. The highest BCUT2D eigenvalue weighted by molar-refractivity contribution is 6.30. The van der Waals surface area contributed by atoms with E-state index in [4.69, 9.17) is 22.1 Å². The van der Waals surface area contributed by atoms with E-state index in [2.05, 4.69) is 10.2 Å². The first-order valence-corrected chi connectivity index (χ1v) is 8.03. The Kier molecular flexibility index (Phi) is 11.6. The van der Waals surface area contributed by atoms with E-state index in [1.54, 1.807) is 0 Å². The maximum absolute atomic E-state index is 11.9. The van der Waals surface area contributed by atoms with Crippen molar-refractivity contribution in [3.05, 3.63) is 34.9 Å². The highest BCUT2D eigenvalue weighted by Gasteiger charge is 2.23. The largest absolute Gasteiger partial charge is 0.379 e. The Balaban J connectivity index is 0.00000264. The number of carbonyl (C=O) groups excluding carboxylic acids is 1. The molecule has 0 spiro atoms. The van der Waals surface area contributed by atoms with E-state index >= 15 is 0 Å². The summed E-state index contributed by atoms with van der Waals surface area (Å²) in [5.41, 5.74) is 6.78. The molecule has 2 unspecified atom stereocenters.